The average Bonchev–Trinajstić information content (AvgIpc) is 2.87. The van der Waals surface area contributed by atoms with Crippen molar-refractivity contribution >= 4 is 50.3 Å². The molecule has 0 saturated carbocycles. The third kappa shape index (κ3) is 5.04. The van der Waals surface area contributed by atoms with Gasteiger partial charge < -0.3 is 9.84 Å². The molecule has 4 aromatic rings. The molecule has 0 bridgehead atoms. The largest absolute Gasteiger partial charge is 0.478 e. The average molecular weight is 503 g/mol. The molecule has 0 spiro atoms. The van der Waals surface area contributed by atoms with Crippen LogP contribution in [0.2, 0.25) is 0 Å². The number of nitrogens with zero attached hydrogens (tertiary/aromatic N) is 2. The Morgan fingerprint density at radius 3 is 2.19 bits per heavy atom. The maximum atomic E-state index is 13.0. The molecule has 0 heterocycles. The normalized spacial score (nSPS) is 11.5. The first kappa shape index (κ1) is 24.5. The lowest BCUT2D eigenvalue weighted by molar-refractivity contribution is 0.0668. The lowest BCUT2D eigenvalue weighted by Crippen LogP contribution is -2.16. The van der Waals surface area contributed by atoms with Gasteiger partial charge in [0, 0.05) is 10.8 Å². The van der Waals surface area contributed by atoms with Crippen LogP contribution in [-0.4, -0.2) is 30.0 Å². The van der Waals surface area contributed by atoms with Crippen LogP contribution in [0.15, 0.2) is 101 Å². The molecule has 36 heavy (non-hydrogen) atoms. The summed E-state index contributed by atoms with van der Waals surface area (Å²) >= 11 is 0. The van der Waals surface area contributed by atoms with Crippen LogP contribution in [0.4, 0.5) is 11.4 Å². The number of azo groups is 1. The highest BCUT2D eigenvalue weighted by Crippen LogP contribution is 2.35. The number of carbonyl (C=O) groups excluding carboxylic acids is 1. The van der Waals surface area contributed by atoms with Crippen molar-refractivity contribution in [2.24, 2.45) is 10.2 Å². The molecule has 0 saturated heterocycles. The van der Waals surface area contributed by atoms with E-state index >= 15 is 0 Å². The lowest BCUT2D eigenvalue weighted by Gasteiger charge is -2.12. The summed E-state index contributed by atoms with van der Waals surface area (Å²) in [7, 11) is -4.31. The fourth-order valence-electron chi connectivity index (χ4n) is 3.53. The molecule has 0 fully saturated rings. The first-order chi connectivity index (χ1) is 17.2. The van der Waals surface area contributed by atoms with Gasteiger partial charge in [-0.3, -0.25) is 4.55 Å². The van der Waals surface area contributed by atoms with Gasteiger partial charge in [0.2, 0.25) is 0 Å². The Kier molecular flexibility index (Phi) is 6.73. The maximum absolute atomic E-state index is 13.0. The van der Waals surface area contributed by atoms with E-state index in [0.29, 0.717) is 27.7 Å². The Labute approximate surface area is 205 Å². The second kappa shape index (κ2) is 9.90. The predicted octanol–water partition coefficient (Wildman–Crippen LogP) is 6.06. The summed E-state index contributed by atoms with van der Waals surface area (Å²) in [6.45, 7) is 3.64. The van der Waals surface area contributed by atoms with E-state index in [0.717, 1.165) is 0 Å². The highest BCUT2D eigenvalue weighted by molar-refractivity contribution is 7.85. The molecule has 0 aliphatic carbocycles. The van der Waals surface area contributed by atoms with Crippen molar-refractivity contribution in [1.29, 1.82) is 0 Å². The number of aromatic carboxylic acids is 1. The summed E-state index contributed by atoms with van der Waals surface area (Å²) in [6, 6.07) is 19.7. The van der Waals surface area contributed by atoms with E-state index in [-0.39, 0.29) is 21.8 Å². The van der Waals surface area contributed by atoms with E-state index in [2.05, 4.69) is 16.8 Å². The summed E-state index contributed by atoms with van der Waals surface area (Å²) in [5.41, 5.74) is 0.814. The van der Waals surface area contributed by atoms with E-state index in [4.69, 9.17) is 9.29 Å². The Morgan fingerprint density at radius 1 is 0.861 bits per heavy atom. The number of esters is 1. The monoisotopic (exact) mass is 502 g/mol. The maximum Gasteiger partial charge on any atom is 0.345 e. The van der Waals surface area contributed by atoms with Crippen molar-refractivity contribution in [3.8, 4) is 5.75 Å². The number of carbonyl (C=O) groups is 2. The number of benzene rings is 4. The quantitative estimate of drug-likeness (QED) is 0.135. The van der Waals surface area contributed by atoms with Gasteiger partial charge in [0.25, 0.3) is 10.1 Å². The molecule has 4 rings (SSSR count). The lowest BCUT2D eigenvalue weighted by atomic mass is 10.0. The Bertz CT molecular complexity index is 1640. The van der Waals surface area contributed by atoms with Crippen molar-refractivity contribution in [3.05, 3.63) is 102 Å². The Hall–Kier alpha value is -4.67. The standard InChI is InChI=1S/C26H18N2O7S/c1-2-16-6-5-9-21(25(29)30)24(16)26(31)35-23-15-14-22(19-7-3-4-8-20(19)23)28-27-17-10-12-18(13-11-17)36(32,33)34/h2-15H,1H2,(H,29,30)(H,32,33,34). The number of carboxylic acids is 1. The van der Waals surface area contributed by atoms with Gasteiger partial charge in [0.05, 0.1) is 27.4 Å². The first-order valence-corrected chi connectivity index (χ1v) is 11.8. The fraction of sp³-hybridized carbons (Fsp3) is 0. The molecule has 10 heteroatoms. The van der Waals surface area contributed by atoms with E-state index in [1.165, 1.54) is 48.5 Å². The summed E-state index contributed by atoms with van der Waals surface area (Å²) in [6.07, 6.45) is 1.38. The van der Waals surface area contributed by atoms with Gasteiger partial charge in [-0.1, -0.05) is 49.1 Å². The zero-order valence-corrected chi connectivity index (χ0v) is 19.3. The number of rotatable bonds is 7. The highest BCUT2D eigenvalue weighted by Gasteiger charge is 2.22. The van der Waals surface area contributed by atoms with Crippen LogP contribution in [0.5, 0.6) is 5.75 Å². The molecule has 0 amide bonds. The predicted molar refractivity (Wildman–Crippen MR) is 133 cm³/mol. The van der Waals surface area contributed by atoms with E-state index in [1.807, 2.05) is 0 Å². The SMILES string of the molecule is C=Cc1cccc(C(=O)O)c1C(=O)Oc1ccc(N=Nc2ccc(S(=O)(=O)O)cc2)c2ccccc12. The minimum atomic E-state index is -4.31. The van der Waals surface area contributed by atoms with E-state index < -0.39 is 22.1 Å². The fourth-order valence-corrected chi connectivity index (χ4v) is 4.01. The molecule has 0 aliphatic heterocycles. The third-order valence-electron chi connectivity index (χ3n) is 5.22. The van der Waals surface area contributed by atoms with Gasteiger partial charge in [-0.15, -0.1) is 5.11 Å². The topological polar surface area (TPSA) is 143 Å². The van der Waals surface area contributed by atoms with Crippen LogP contribution in [0.1, 0.15) is 26.3 Å². The van der Waals surface area contributed by atoms with Gasteiger partial charge >= 0.3 is 11.9 Å². The molecule has 0 aliphatic rings. The van der Waals surface area contributed by atoms with Crippen molar-refractivity contribution in [1.82, 2.24) is 0 Å². The third-order valence-corrected chi connectivity index (χ3v) is 6.09. The summed E-state index contributed by atoms with van der Waals surface area (Å²) < 4.78 is 37.1. The summed E-state index contributed by atoms with van der Waals surface area (Å²) in [5.74, 6) is -1.92. The molecule has 4 aromatic carbocycles. The molecule has 0 unspecified atom stereocenters. The van der Waals surface area contributed by atoms with Crippen LogP contribution in [0.25, 0.3) is 16.8 Å². The van der Waals surface area contributed by atoms with Crippen LogP contribution < -0.4 is 4.74 Å². The Morgan fingerprint density at radius 2 is 1.56 bits per heavy atom. The van der Waals surface area contributed by atoms with Crippen LogP contribution in [0.3, 0.4) is 0 Å². The highest BCUT2D eigenvalue weighted by atomic mass is 32.2. The van der Waals surface area contributed by atoms with Gasteiger partial charge in [0.1, 0.15) is 5.75 Å². The van der Waals surface area contributed by atoms with Crippen molar-refractivity contribution in [3.63, 3.8) is 0 Å². The zero-order chi connectivity index (χ0) is 25.9. The Balaban J connectivity index is 1.68. The molecule has 0 atom stereocenters. The van der Waals surface area contributed by atoms with Crippen LogP contribution in [-0.2, 0) is 10.1 Å². The second-order valence-corrected chi connectivity index (χ2v) is 8.89. The molecule has 180 valence electrons. The van der Waals surface area contributed by atoms with Gasteiger partial charge in [-0.2, -0.15) is 13.5 Å². The molecular formula is C26H18N2O7S. The van der Waals surface area contributed by atoms with E-state index in [1.54, 1.807) is 36.4 Å². The summed E-state index contributed by atoms with van der Waals surface area (Å²) in [5, 5.41) is 19.0. The molecule has 2 N–H and O–H groups in total. The number of ether oxygens (including phenoxy) is 1. The van der Waals surface area contributed by atoms with Gasteiger partial charge in [0.15, 0.2) is 0 Å². The van der Waals surface area contributed by atoms with Gasteiger partial charge in [-0.05, 0) is 48.0 Å². The van der Waals surface area contributed by atoms with Crippen molar-refractivity contribution in [2.75, 3.05) is 0 Å². The van der Waals surface area contributed by atoms with Crippen LogP contribution >= 0.6 is 0 Å². The molecular weight excluding hydrogens is 484 g/mol. The minimum Gasteiger partial charge on any atom is -0.478 e. The number of carboxylic acid groups (broad SMARTS) is 1. The first-order valence-electron chi connectivity index (χ1n) is 10.4. The van der Waals surface area contributed by atoms with Crippen molar-refractivity contribution in [2.45, 2.75) is 4.90 Å². The van der Waals surface area contributed by atoms with Crippen molar-refractivity contribution < 1.29 is 32.4 Å². The second-order valence-electron chi connectivity index (χ2n) is 7.47. The minimum absolute atomic E-state index is 0.110. The number of fused-ring (bicyclic) bond motifs is 1. The van der Waals surface area contributed by atoms with E-state index in [9.17, 15) is 23.1 Å². The van der Waals surface area contributed by atoms with Gasteiger partial charge in [-0.25, -0.2) is 9.59 Å². The number of hydrogen-bond donors (Lipinski definition) is 2. The zero-order valence-electron chi connectivity index (χ0n) is 18.5. The van der Waals surface area contributed by atoms with Crippen LogP contribution in [0, 0.1) is 0 Å². The molecule has 0 aromatic heterocycles. The molecule has 0 radical (unpaired) electrons. The summed E-state index contributed by atoms with van der Waals surface area (Å²) in [4.78, 5) is 24.4. The number of hydrogen-bond acceptors (Lipinski definition) is 7. The smallest absolute Gasteiger partial charge is 0.345 e. The molecule has 9 nitrogen and oxygen atoms in total.